The van der Waals surface area contributed by atoms with Crippen molar-refractivity contribution in [2.75, 3.05) is 0 Å². The fourth-order valence-electron chi connectivity index (χ4n) is 2.92. The average Bonchev–Trinajstić information content (AvgIpc) is 2.76. The maximum absolute atomic E-state index is 3.42. The van der Waals surface area contributed by atoms with Gasteiger partial charge in [0.1, 0.15) is 0 Å². The molecular formula is C17H27N. The molecule has 0 spiro atoms. The summed E-state index contributed by atoms with van der Waals surface area (Å²) in [5, 5.41) is 0. The maximum atomic E-state index is 3.42. The lowest BCUT2D eigenvalue weighted by Crippen LogP contribution is -1.91. The molecule has 0 radical (unpaired) electrons. The third kappa shape index (κ3) is 4.04. The summed E-state index contributed by atoms with van der Waals surface area (Å²) in [5.41, 5.74) is 4.33. The largest absolute Gasteiger partial charge is 0.361 e. The van der Waals surface area contributed by atoms with E-state index in [0.717, 1.165) is 0 Å². The number of nitrogens with one attached hydrogen (secondary N) is 1. The highest BCUT2D eigenvalue weighted by Crippen LogP contribution is 2.25. The molecule has 1 aliphatic rings. The van der Waals surface area contributed by atoms with Crippen molar-refractivity contribution in [1.29, 1.82) is 0 Å². The van der Waals surface area contributed by atoms with E-state index in [1.54, 1.807) is 5.57 Å². The first kappa shape index (κ1) is 13.5. The molecule has 0 aliphatic heterocycles. The second kappa shape index (κ2) is 7.45. The SMILES string of the molecule is Cc1cc[nH]c1/C1=C/CCCCCCCCCC1. The Morgan fingerprint density at radius 1 is 0.889 bits per heavy atom. The van der Waals surface area contributed by atoms with Crippen molar-refractivity contribution in [3.63, 3.8) is 0 Å². The van der Waals surface area contributed by atoms with Crippen LogP contribution in [0.15, 0.2) is 18.3 Å². The summed E-state index contributed by atoms with van der Waals surface area (Å²) >= 11 is 0. The predicted octanol–water partition coefficient (Wildman–Crippen LogP) is 5.62. The van der Waals surface area contributed by atoms with Gasteiger partial charge in [-0.25, -0.2) is 0 Å². The van der Waals surface area contributed by atoms with Gasteiger partial charge in [-0.15, -0.1) is 0 Å². The van der Waals surface area contributed by atoms with Crippen molar-refractivity contribution in [1.82, 2.24) is 4.98 Å². The fraction of sp³-hybridized carbons (Fsp3) is 0.647. The molecule has 0 aromatic carbocycles. The van der Waals surface area contributed by atoms with E-state index in [4.69, 9.17) is 0 Å². The zero-order chi connectivity index (χ0) is 12.6. The Kier molecular flexibility index (Phi) is 5.57. The van der Waals surface area contributed by atoms with Gasteiger partial charge in [0.05, 0.1) is 0 Å². The first-order chi connectivity index (χ1) is 8.88. The Morgan fingerprint density at radius 2 is 1.56 bits per heavy atom. The van der Waals surface area contributed by atoms with Gasteiger partial charge >= 0.3 is 0 Å². The molecule has 0 amide bonds. The van der Waals surface area contributed by atoms with E-state index in [9.17, 15) is 0 Å². The summed E-state index contributed by atoms with van der Waals surface area (Å²) in [5.74, 6) is 0. The lowest BCUT2D eigenvalue weighted by atomic mass is 9.97. The van der Waals surface area contributed by atoms with Crippen LogP contribution in [0.1, 0.15) is 75.5 Å². The molecule has 1 heteroatoms. The second-order valence-electron chi connectivity index (χ2n) is 5.63. The van der Waals surface area contributed by atoms with Crippen LogP contribution < -0.4 is 0 Å². The summed E-state index contributed by atoms with van der Waals surface area (Å²) < 4.78 is 0. The number of rotatable bonds is 1. The Labute approximate surface area is 112 Å². The highest BCUT2D eigenvalue weighted by molar-refractivity contribution is 5.65. The van der Waals surface area contributed by atoms with E-state index in [1.807, 2.05) is 0 Å². The van der Waals surface area contributed by atoms with Gasteiger partial charge in [0.25, 0.3) is 0 Å². The molecule has 100 valence electrons. The molecule has 1 aliphatic carbocycles. The Balaban J connectivity index is 2.02. The second-order valence-corrected chi connectivity index (χ2v) is 5.63. The molecule has 18 heavy (non-hydrogen) atoms. The van der Waals surface area contributed by atoms with E-state index in [2.05, 4.69) is 30.2 Å². The topological polar surface area (TPSA) is 15.8 Å². The van der Waals surface area contributed by atoms with Crippen molar-refractivity contribution >= 4 is 5.57 Å². The first-order valence-electron chi connectivity index (χ1n) is 7.71. The zero-order valence-electron chi connectivity index (χ0n) is 11.8. The monoisotopic (exact) mass is 245 g/mol. The van der Waals surface area contributed by atoms with E-state index in [0.29, 0.717) is 0 Å². The van der Waals surface area contributed by atoms with Crippen molar-refractivity contribution in [2.24, 2.45) is 0 Å². The summed E-state index contributed by atoms with van der Waals surface area (Å²) in [6, 6.07) is 2.19. The van der Waals surface area contributed by atoms with E-state index < -0.39 is 0 Å². The van der Waals surface area contributed by atoms with Crippen molar-refractivity contribution in [2.45, 2.75) is 71.1 Å². The van der Waals surface area contributed by atoms with Crippen LogP contribution in [0.4, 0.5) is 0 Å². The molecule has 0 atom stereocenters. The average molecular weight is 245 g/mol. The van der Waals surface area contributed by atoms with E-state index >= 15 is 0 Å². The Morgan fingerprint density at radius 3 is 2.22 bits per heavy atom. The van der Waals surface area contributed by atoms with Gasteiger partial charge in [0.15, 0.2) is 0 Å². The maximum Gasteiger partial charge on any atom is 0.0439 e. The zero-order valence-corrected chi connectivity index (χ0v) is 11.8. The van der Waals surface area contributed by atoms with Gasteiger partial charge in [-0.3, -0.25) is 0 Å². The van der Waals surface area contributed by atoms with Crippen LogP contribution in [0.5, 0.6) is 0 Å². The molecule has 0 saturated heterocycles. The predicted molar refractivity (Wildman–Crippen MR) is 79.7 cm³/mol. The molecule has 0 unspecified atom stereocenters. The standard InChI is InChI=1S/C17H27N/c1-15-13-14-18-17(15)16-11-9-7-5-3-2-4-6-8-10-12-16/h11,13-14,18H,2-10,12H2,1H3/b16-11+. The normalized spacial score (nSPS) is 22.6. The third-order valence-corrected chi connectivity index (χ3v) is 4.07. The molecule has 0 bridgehead atoms. The number of aromatic amines is 1. The van der Waals surface area contributed by atoms with Gasteiger partial charge in [-0.1, -0.05) is 44.6 Å². The summed E-state index contributed by atoms with van der Waals surface area (Å²) in [6.07, 6.45) is 18.4. The molecular weight excluding hydrogens is 218 g/mol. The summed E-state index contributed by atoms with van der Waals surface area (Å²) in [6.45, 7) is 2.21. The molecule has 1 N–H and O–H groups in total. The summed E-state index contributed by atoms with van der Waals surface area (Å²) in [7, 11) is 0. The molecule has 1 nitrogen and oxygen atoms in total. The molecule has 1 aromatic heterocycles. The number of H-pyrrole nitrogens is 1. The Hall–Kier alpha value is -0.980. The number of hydrogen-bond acceptors (Lipinski definition) is 0. The van der Waals surface area contributed by atoms with E-state index in [-0.39, 0.29) is 0 Å². The number of aromatic nitrogens is 1. The Bertz CT molecular complexity index is 373. The van der Waals surface area contributed by atoms with Crippen LogP contribution in [0.25, 0.3) is 5.57 Å². The lowest BCUT2D eigenvalue weighted by Gasteiger charge is -2.10. The number of allylic oxidation sites excluding steroid dienone is 2. The highest BCUT2D eigenvalue weighted by atomic mass is 14.7. The smallest absolute Gasteiger partial charge is 0.0439 e. The van der Waals surface area contributed by atoms with Crippen LogP contribution in [-0.2, 0) is 0 Å². The van der Waals surface area contributed by atoms with Crippen LogP contribution in [0.2, 0.25) is 0 Å². The van der Waals surface area contributed by atoms with E-state index in [1.165, 1.54) is 75.5 Å². The van der Waals surface area contributed by atoms with Gasteiger partial charge < -0.3 is 4.98 Å². The molecule has 0 saturated carbocycles. The number of aryl methyl sites for hydroxylation is 1. The van der Waals surface area contributed by atoms with Gasteiger partial charge in [-0.05, 0) is 49.8 Å². The van der Waals surface area contributed by atoms with Gasteiger partial charge in [0.2, 0.25) is 0 Å². The minimum atomic E-state index is 1.25. The van der Waals surface area contributed by atoms with Gasteiger partial charge in [-0.2, -0.15) is 0 Å². The quantitative estimate of drug-likeness (QED) is 0.661. The van der Waals surface area contributed by atoms with Crippen LogP contribution in [0.3, 0.4) is 0 Å². The minimum absolute atomic E-state index is 1.25. The fourth-order valence-corrected chi connectivity index (χ4v) is 2.92. The van der Waals surface area contributed by atoms with Gasteiger partial charge in [0, 0.05) is 11.9 Å². The van der Waals surface area contributed by atoms with Crippen LogP contribution in [0, 0.1) is 6.92 Å². The molecule has 1 heterocycles. The third-order valence-electron chi connectivity index (χ3n) is 4.07. The number of hydrogen-bond donors (Lipinski definition) is 1. The lowest BCUT2D eigenvalue weighted by molar-refractivity contribution is 0.568. The van der Waals surface area contributed by atoms with Crippen molar-refractivity contribution in [3.05, 3.63) is 29.6 Å². The molecule has 1 aromatic rings. The first-order valence-corrected chi connectivity index (χ1v) is 7.71. The van der Waals surface area contributed by atoms with Crippen molar-refractivity contribution < 1.29 is 0 Å². The van der Waals surface area contributed by atoms with Crippen LogP contribution in [-0.4, -0.2) is 4.98 Å². The summed E-state index contributed by atoms with van der Waals surface area (Å²) in [4.78, 5) is 3.42. The molecule has 0 fully saturated rings. The minimum Gasteiger partial charge on any atom is -0.361 e. The van der Waals surface area contributed by atoms with Crippen LogP contribution >= 0.6 is 0 Å². The molecule has 2 rings (SSSR count). The highest BCUT2D eigenvalue weighted by Gasteiger charge is 2.06. The van der Waals surface area contributed by atoms with Crippen molar-refractivity contribution in [3.8, 4) is 0 Å².